The predicted molar refractivity (Wildman–Crippen MR) is 74.3 cm³/mol. The first-order chi connectivity index (χ1) is 7.90. The van der Waals surface area contributed by atoms with E-state index in [1.54, 1.807) is 7.11 Å². The molecule has 0 aliphatic rings. The van der Waals surface area contributed by atoms with Crippen molar-refractivity contribution in [3.63, 3.8) is 0 Å². The van der Waals surface area contributed by atoms with Crippen LogP contribution in [0.5, 0.6) is 0 Å². The Labute approximate surface area is 107 Å². The molecule has 4 heteroatoms. The molecule has 0 saturated carbocycles. The van der Waals surface area contributed by atoms with E-state index < -0.39 is 0 Å². The van der Waals surface area contributed by atoms with Crippen molar-refractivity contribution in [3.8, 4) is 0 Å². The van der Waals surface area contributed by atoms with Crippen LogP contribution in [0.1, 0.15) is 20.3 Å². The van der Waals surface area contributed by atoms with E-state index >= 15 is 0 Å². The van der Waals surface area contributed by atoms with Crippen LogP contribution < -0.4 is 5.73 Å². The average molecular weight is 245 g/mol. The molecule has 1 atom stereocenters. The van der Waals surface area contributed by atoms with Gasteiger partial charge in [-0.15, -0.1) is 0 Å². The smallest absolute Gasteiger partial charge is 0.0661 e. The number of nitrogens with two attached hydrogens (primary N) is 1. The Hall–Kier alpha value is -0.160. The fraction of sp³-hybridized carbons (Fsp3) is 1.00. The lowest BCUT2D eigenvalue weighted by Gasteiger charge is -2.44. The molecule has 0 amide bonds. The largest absolute Gasteiger partial charge is 0.383 e. The molecule has 104 valence electrons. The summed E-state index contributed by atoms with van der Waals surface area (Å²) in [5.41, 5.74) is 5.95. The Balaban J connectivity index is 4.46. The van der Waals surface area contributed by atoms with E-state index in [1.807, 2.05) is 0 Å². The molecule has 0 bridgehead atoms. The maximum atomic E-state index is 6.00. The van der Waals surface area contributed by atoms with E-state index in [4.69, 9.17) is 10.5 Å². The molecule has 2 N–H and O–H groups in total. The maximum Gasteiger partial charge on any atom is 0.0661 e. The van der Waals surface area contributed by atoms with Crippen molar-refractivity contribution in [2.45, 2.75) is 25.8 Å². The molecule has 0 heterocycles. The van der Waals surface area contributed by atoms with Gasteiger partial charge in [0.2, 0.25) is 0 Å². The lowest BCUT2D eigenvalue weighted by atomic mass is 9.85. The fourth-order valence-corrected chi connectivity index (χ4v) is 2.26. The van der Waals surface area contributed by atoms with Crippen molar-refractivity contribution >= 4 is 0 Å². The SMILES string of the molecule is COCC(CN)(C(C)C)N(C)CCCN(C)C. The van der Waals surface area contributed by atoms with Gasteiger partial charge in [-0.2, -0.15) is 0 Å². The summed E-state index contributed by atoms with van der Waals surface area (Å²) in [6.07, 6.45) is 1.15. The number of hydrogen-bond acceptors (Lipinski definition) is 4. The molecule has 0 aromatic heterocycles. The highest BCUT2D eigenvalue weighted by Gasteiger charge is 2.36. The molecule has 4 nitrogen and oxygen atoms in total. The molecule has 0 aromatic carbocycles. The number of methoxy groups -OCH3 is 1. The Morgan fingerprint density at radius 3 is 2.12 bits per heavy atom. The lowest BCUT2D eigenvalue weighted by molar-refractivity contribution is -0.00217. The second-order valence-electron chi connectivity index (χ2n) is 5.47. The van der Waals surface area contributed by atoms with Crippen LogP contribution in [-0.4, -0.2) is 69.8 Å². The molecule has 0 saturated heterocycles. The van der Waals surface area contributed by atoms with Crippen LogP contribution in [-0.2, 0) is 4.74 Å². The summed E-state index contributed by atoms with van der Waals surface area (Å²) in [5.74, 6) is 0.483. The molecular formula is C13H31N3O. The first kappa shape index (κ1) is 16.8. The van der Waals surface area contributed by atoms with E-state index in [2.05, 4.69) is 44.8 Å². The van der Waals surface area contributed by atoms with Crippen molar-refractivity contribution in [3.05, 3.63) is 0 Å². The van der Waals surface area contributed by atoms with Crippen molar-refractivity contribution in [1.82, 2.24) is 9.80 Å². The molecular weight excluding hydrogens is 214 g/mol. The third-order valence-corrected chi connectivity index (χ3v) is 3.68. The maximum absolute atomic E-state index is 6.00. The Morgan fingerprint density at radius 2 is 1.76 bits per heavy atom. The Kier molecular flexibility index (Phi) is 7.96. The zero-order chi connectivity index (χ0) is 13.5. The van der Waals surface area contributed by atoms with Gasteiger partial charge in [0.05, 0.1) is 12.1 Å². The van der Waals surface area contributed by atoms with Crippen molar-refractivity contribution in [1.29, 1.82) is 0 Å². The van der Waals surface area contributed by atoms with Gasteiger partial charge in [-0.05, 0) is 46.6 Å². The highest BCUT2D eigenvalue weighted by Crippen LogP contribution is 2.23. The van der Waals surface area contributed by atoms with Crippen molar-refractivity contribution in [2.75, 3.05) is 54.5 Å². The zero-order valence-corrected chi connectivity index (χ0v) is 12.5. The van der Waals surface area contributed by atoms with E-state index in [9.17, 15) is 0 Å². The summed E-state index contributed by atoms with van der Waals surface area (Å²) >= 11 is 0. The number of nitrogens with zero attached hydrogens (tertiary/aromatic N) is 2. The summed E-state index contributed by atoms with van der Waals surface area (Å²) < 4.78 is 5.38. The summed E-state index contributed by atoms with van der Waals surface area (Å²) in [4.78, 5) is 4.58. The van der Waals surface area contributed by atoms with Gasteiger partial charge >= 0.3 is 0 Å². The summed E-state index contributed by atoms with van der Waals surface area (Å²) in [6, 6.07) is 0. The van der Waals surface area contributed by atoms with Crippen LogP contribution in [0, 0.1) is 5.92 Å². The van der Waals surface area contributed by atoms with E-state index in [-0.39, 0.29) is 5.54 Å². The fourth-order valence-electron chi connectivity index (χ4n) is 2.26. The molecule has 0 rings (SSSR count). The van der Waals surface area contributed by atoms with Gasteiger partial charge in [-0.1, -0.05) is 13.8 Å². The number of hydrogen-bond donors (Lipinski definition) is 1. The molecule has 0 aliphatic heterocycles. The third-order valence-electron chi connectivity index (χ3n) is 3.68. The number of rotatable bonds is 9. The Bertz CT molecular complexity index is 197. The normalized spacial score (nSPS) is 15.9. The summed E-state index contributed by atoms with van der Waals surface area (Å²) in [5, 5.41) is 0. The van der Waals surface area contributed by atoms with Crippen LogP contribution in [0.4, 0.5) is 0 Å². The predicted octanol–water partition coefficient (Wildman–Crippen LogP) is 0.870. The molecule has 0 fully saturated rings. The van der Waals surface area contributed by atoms with E-state index in [0.717, 1.165) is 19.5 Å². The summed E-state index contributed by atoms with van der Waals surface area (Å²) in [7, 11) is 8.11. The monoisotopic (exact) mass is 245 g/mol. The number of likely N-dealkylation sites (N-methyl/N-ethyl adjacent to an activating group) is 1. The minimum absolute atomic E-state index is 0.0406. The standard InChI is InChI=1S/C13H31N3O/c1-12(2)13(10-14,11-17-6)16(5)9-7-8-15(3)4/h12H,7-11,14H2,1-6H3. The highest BCUT2D eigenvalue weighted by molar-refractivity contribution is 4.93. The van der Waals surface area contributed by atoms with Gasteiger partial charge < -0.3 is 15.4 Å². The van der Waals surface area contributed by atoms with Gasteiger partial charge in [-0.25, -0.2) is 0 Å². The third kappa shape index (κ3) is 4.92. The van der Waals surface area contributed by atoms with Crippen LogP contribution in [0.2, 0.25) is 0 Å². The molecule has 17 heavy (non-hydrogen) atoms. The molecule has 0 spiro atoms. The van der Waals surface area contributed by atoms with Crippen LogP contribution in [0.15, 0.2) is 0 Å². The van der Waals surface area contributed by atoms with Gasteiger partial charge in [0, 0.05) is 13.7 Å². The minimum atomic E-state index is -0.0406. The first-order valence-corrected chi connectivity index (χ1v) is 6.45. The van der Waals surface area contributed by atoms with Gasteiger partial charge in [-0.3, -0.25) is 4.90 Å². The van der Waals surface area contributed by atoms with Gasteiger partial charge in [0.15, 0.2) is 0 Å². The van der Waals surface area contributed by atoms with Crippen LogP contribution in [0.25, 0.3) is 0 Å². The lowest BCUT2D eigenvalue weighted by Crippen LogP contribution is -2.59. The molecule has 0 aromatic rings. The average Bonchev–Trinajstić information content (AvgIpc) is 2.24. The second-order valence-corrected chi connectivity index (χ2v) is 5.47. The summed E-state index contributed by atoms with van der Waals surface area (Å²) in [6.45, 7) is 7.92. The number of ether oxygens (including phenoxy) is 1. The highest BCUT2D eigenvalue weighted by atomic mass is 16.5. The van der Waals surface area contributed by atoms with Crippen LogP contribution >= 0.6 is 0 Å². The first-order valence-electron chi connectivity index (χ1n) is 6.45. The molecule has 1 unspecified atom stereocenters. The van der Waals surface area contributed by atoms with Gasteiger partial charge in [0.25, 0.3) is 0 Å². The van der Waals surface area contributed by atoms with Crippen LogP contribution in [0.3, 0.4) is 0 Å². The van der Waals surface area contributed by atoms with E-state index in [0.29, 0.717) is 19.1 Å². The van der Waals surface area contributed by atoms with Crippen molar-refractivity contribution < 1.29 is 4.74 Å². The topological polar surface area (TPSA) is 41.7 Å². The minimum Gasteiger partial charge on any atom is -0.383 e. The molecule has 0 aliphatic carbocycles. The van der Waals surface area contributed by atoms with Gasteiger partial charge in [0.1, 0.15) is 0 Å². The van der Waals surface area contributed by atoms with Crippen molar-refractivity contribution in [2.24, 2.45) is 11.7 Å². The molecule has 0 radical (unpaired) electrons. The zero-order valence-electron chi connectivity index (χ0n) is 12.5. The second kappa shape index (κ2) is 8.03. The Morgan fingerprint density at radius 1 is 1.18 bits per heavy atom. The van der Waals surface area contributed by atoms with E-state index in [1.165, 1.54) is 0 Å². The quantitative estimate of drug-likeness (QED) is 0.654.